The molecule has 1 saturated heterocycles. The third-order valence-corrected chi connectivity index (χ3v) is 5.17. The summed E-state index contributed by atoms with van der Waals surface area (Å²) in [6, 6.07) is 6.42. The number of nitrogens with zero attached hydrogens (tertiary/aromatic N) is 3. The van der Waals surface area contributed by atoms with Gasteiger partial charge in [0.25, 0.3) is 0 Å². The highest BCUT2D eigenvalue weighted by Crippen LogP contribution is 2.29. The largest absolute Gasteiger partial charge is 0.478 e. The highest BCUT2D eigenvalue weighted by atomic mass is 32.2. The van der Waals surface area contributed by atoms with E-state index in [1.807, 2.05) is 29.9 Å². The van der Waals surface area contributed by atoms with Crippen molar-refractivity contribution >= 4 is 23.8 Å². The predicted octanol–water partition coefficient (Wildman–Crippen LogP) is 2.12. The van der Waals surface area contributed by atoms with Gasteiger partial charge in [0.15, 0.2) is 0 Å². The molecule has 1 atom stereocenters. The number of urea groups is 1. The van der Waals surface area contributed by atoms with Gasteiger partial charge in [0, 0.05) is 43.4 Å². The molecule has 1 aromatic heterocycles. The molecule has 0 aliphatic carbocycles. The minimum Gasteiger partial charge on any atom is -0.478 e. The zero-order valence-electron chi connectivity index (χ0n) is 13.9. The number of carboxylic acids is 1. The van der Waals surface area contributed by atoms with Crippen LogP contribution in [0.15, 0.2) is 36.7 Å². The smallest absolute Gasteiger partial charge is 0.335 e. The van der Waals surface area contributed by atoms with Crippen molar-refractivity contribution in [2.45, 2.75) is 12.6 Å². The van der Waals surface area contributed by atoms with E-state index in [1.165, 1.54) is 0 Å². The first-order chi connectivity index (χ1) is 12.0. The maximum absolute atomic E-state index is 12.6. The number of thioether (sulfide) groups is 1. The summed E-state index contributed by atoms with van der Waals surface area (Å²) in [6.45, 7) is 1.05. The SMILES string of the molecule is Cn1cc(C2CSCCN2C(=O)NCc2ccc(C(=O)O)cc2)cn1. The van der Waals surface area contributed by atoms with Crippen LogP contribution in [0.3, 0.4) is 0 Å². The van der Waals surface area contributed by atoms with Crippen molar-refractivity contribution < 1.29 is 14.7 Å². The highest BCUT2D eigenvalue weighted by molar-refractivity contribution is 7.99. The van der Waals surface area contributed by atoms with Gasteiger partial charge in [-0.3, -0.25) is 4.68 Å². The number of hydrogen-bond acceptors (Lipinski definition) is 4. The second-order valence-corrected chi connectivity index (χ2v) is 7.04. The molecule has 0 spiro atoms. The van der Waals surface area contributed by atoms with Gasteiger partial charge in [0.2, 0.25) is 0 Å². The first-order valence-corrected chi connectivity index (χ1v) is 9.13. The van der Waals surface area contributed by atoms with Gasteiger partial charge < -0.3 is 15.3 Å². The Kier molecular flexibility index (Phi) is 5.28. The number of amides is 2. The van der Waals surface area contributed by atoms with Gasteiger partial charge in [-0.15, -0.1) is 0 Å². The number of aryl methyl sites for hydroxylation is 1. The number of carbonyl (C=O) groups is 2. The molecule has 1 fully saturated rings. The van der Waals surface area contributed by atoms with Crippen LogP contribution in [0.4, 0.5) is 4.79 Å². The molecule has 8 heteroatoms. The summed E-state index contributed by atoms with van der Waals surface area (Å²) >= 11 is 1.83. The zero-order valence-corrected chi connectivity index (χ0v) is 14.7. The predicted molar refractivity (Wildman–Crippen MR) is 95.6 cm³/mol. The van der Waals surface area contributed by atoms with Crippen LogP contribution in [0.25, 0.3) is 0 Å². The molecule has 2 N–H and O–H groups in total. The molecule has 25 heavy (non-hydrogen) atoms. The van der Waals surface area contributed by atoms with Crippen LogP contribution < -0.4 is 5.32 Å². The molecule has 1 unspecified atom stereocenters. The van der Waals surface area contributed by atoms with E-state index in [2.05, 4.69) is 10.4 Å². The lowest BCUT2D eigenvalue weighted by atomic mass is 10.1. The average Bonchev–Trinajstić information content (AvgIpc) is 3.06. The van der Waals surface area contributed by atoms with Crippen LogP contribution in [0, 0.1) is 0 Å². The summed E-state index contributed by atoms with van der Waals surface area (Å²) in [5, 5.41) is 16.0. The average molecular weight is 360 g/mol. The Bertz CT molecular complexity index is 760. The number of nitrogens with one attached hydrogen (secondary N) is 1. The van der Waals surface area contributed by atoms with Gasteiger partial charge in [0.05, 0.1) is 17.8 Å². The fourth-order valence-corrected chi connectivity index (χ4v) is 3.87. The number of aromatic carboxylic acids is 1. The van der Waals surface area contributed by atoms with Crippen molar-refractivity contribution in [1.82, 2.24) is 20.0 Å². The Morgan fingerprint density at radius 2 is 2.12 bits per heavy atom. The van der Waals surface area contributed by atoms with E-state index in [4.69, 9.17) is 5.11 Å². The van der Waals surface area contributed by atoms with Crippen molar-refractivity contribution in [3.8, 4) is 0 Å². The molecule has 3 rings (SSSR count). The number of hydrogen-bond donors (Lipinski definition) is 2. The topological polar surface area (TPSA) is 87.5 Å². The van der Waals surface area contributed by atoms with Crippen LogP contribution >= 0.6 is 11.8 Å². The Morgan fingerprint density at radius 3 is 2.76 bits per heavy atom. The van der Waals surface area contributed by atoms with Gasteiger partial charge in [0.1, 0.15) is 0 Å². The highest BCUT2D eigenvalue weighted by Gasteiger charge is 2.29. The normalized spacial score (nSPS) is 17.3. The fraction of sp³-hybridized carbons (Fsp3) is 0.353. The second kappa shape index (κ2) is 7.60. The Hall–Kier alpha value is -2.48. The maximum Gasteiger partial charge on any atom is 0.335 e. The first-order valence-electron chi connectivity index (χ1n) is 7.97. The third-order valence-electron chi connectivity index (χ3n) is 4.14. The van der Waals surface area contributed by atoms with Crippen LogP contribution in [0.5, 0.6) is 0 Å². The summed E-state index contributed by atoms with van der Waals surface area (Å²) in [5.74, 6) is 0.810. The monoisotopic (exact) mass is 360 g/mol. The number of rotatable bonds is 4. The number of carboxylic acid groups (broad SMARTS) is 1. The minimum absolute atomic E-state index is 0.0156. The maximum atomic E-state index is 12.6. The Balaban J connectivity index is 1.63. The number of benzene rings is 1. The van der Waals surface area contributed by atoms with Gasteiger partial charge in [-0.2, -0.15) is 16.9 Å². The molecular formula is C17H20N4O3S. The molecule has 2 amide bonds. The summed E-state index contributed by atoms with van der Waals surface area (Å²) in [7, 11) is 1.87. The first kappa shape index (κ1) is 17.3. The molecule has 2 aromatic rings. The van der Waals surface area contributed by atoms with E-state index in [-0.39, 0.29) is 17.6 Å². The lowest BCUT2D eigenvalue weighted by molar-refractivity contribution is 0.0697. The molecule has 1 aliphatic heterocycles. The van der Waals surface area contributed by atoms with Crippen molar-refractivity contribution in [3.63, 3.8) is 0 Å². The van der Waals surface area contributed by atoms with Crippen LogP contribution in [-0.2, 0) is 13.6 Å². The van der Waals surface area contributed by atoms with Crippen LogP contribution in [0.1, 0.15) is 27.5 Å². The van der Waals surface area contributed by atoms with E-state index in [0.29, 0.717) is 13.1 Å². The Labute approximate surface area is 150 Å². The van der Waals surface area contributed by atoms with Crippen molar-refractivity contribution in [2.24, 2.45) is 7.05 Å². The van der Waals surface area contributed by atoms with Gasteiger partial charge in [-0.05, 0) is 17.7 Å². The lowest BCUT2D eigenvalue weighted by Gasteiger charge is -2.34. The standard InChI is InChI=1S/C17H20N4O3S/c1-20-10-14(9-19-20)15-11-25-7-6-21(15)17(24)18-8-12-2-4-13(5-3-12)16(22)23/h2-5,9-10,15H,6-8,11H2,1H3,(H,18,24)(H,22,23). The van der Waals surface area contributed by atoms with Gasteiger partial charge in [-0.1, -0.05) is 12.1 Å². The quantitative estimate of drug-likeness (QED) is 0.872. The summed E-state index contributed by atoms with van der Waals surface area (Å²) in [4.78, 5) is 25.3. The van der Waals surface area contributed by atoms with E-state index in [0.717, 1.165) is 22.6 Å². The van der Waals surface area contributed by atoms with E-state index >= 15 is 0 Å². The molecule has 0 radical (unpaired) electrons. The second-order valence-electron chi connectivity index (χ2n) is 5.89. The fourth-order valence-electron chi connectivity index (χ4n) is 2.78. The third kappa shape index (κ3) is 4.14. The summed E-state index contributed by atoms with van der Waals surface area (Å²) in [6.07, 6.45) is 3.75. The molecule has 2 heterocycles. The van der Waals surface area contributed by atoms with E-state index < -0.39 is 5.97 Å². The lowest BCUT2D eigenvalue weighted by Crippen LogP contribution is -2.46. The molecule has 0 saturated carbocycles. The van der Waals surface area contributed by atoms with Gasteiger partial charge in [-0.25, -0.2) is 9.59 Å². The molecule has 0 bridgehead atoms. The van der Waals surface area contributed by atoms with E-state index in [1.54, 1.807) is 35.1 Å². The van der Waals surface area contributed by atoms with Crippen molar-refractivity contribution in [3.05, 3.63) is 53.3 Å². The summed E-state index contributed by atoms with van der Waals surface area (Å²) in [5.41, 5.74) is 2.14. The number of carbonyl (C=O) groups excluding carboxylic acids is 1. The van der Waals surface area contributed by atoms with Crippen LogP contribution in [0.2, 0.25) is 0 Å². The molecule has 1 aromatic carbocycles. The van der Waals surface area contributed by atoms with Crippen molar-refractivity contribution in [2.75, 3.05) is 18.1 Å². The molecule has 1 aliphatic rings. The molecular weight excluding hydrogens is 340 g/mol. The van der Waals surface area contributed by atoms with Gasteiger partial charge >= 0.3 is 12.0 Å². The zero-order chi connectivity index (χ0) is 17.8. The molecule has 132 valence electrons. The van der Waals surface area contributed by atoms with E-state index in [9.17, 15) is 9.59 Å². The molecule has 7 nitrogen and oxygen atoms in total. The van der Waals surface area contributed by atoms with Crippen LogP contribution in [-0.4, -0.2) is 49.8 Å². The Morgan fingerprint density at radius 1 is 1.36 bits per heavy atom. The number of aromatic nitrogens is 2. The van der Waals surface area contributed by atoms with Crippen molar-refractivity contribution in [1.29, 1.82) is 0 Å². The summed E-state index contributed by atoms with van der Waals surface area (Å²) < 4.78 is 1.74. The minimum atomic E-state index is -0.958.